The van der Waals surface area contributed by atoms with Crippen LogP contribution in [-0.2, 0) is 6.54 Å². The fourth-order valence-electron chi connectivity index (χ4n) is 3.19. The lowest BCUT2D eigenvalue weighted by Crippen LogP contribution is -2.40. The van der Waals surface area contributed by atoms with E-state index in [1.165, 1.54) is 44.5 Å². The predicted molar refractivity (Wildman–Crippen MR) is 91.9 cm³/mol. The topological polar surface area (TPSA) is 39.7 Å². The van der Waals surface area contributed by atoms with Gasteiger partial charge in [-0.2, -0.15) is 0 Å². The van der Waals surface area contributed by atoms with Crippen LogP contribution in [0.2, 0.25) is 0 Å². The predicted octanol–water partition coefficient (Wildman–Crippen LogP) is 2.37. The van der Waals surface area contributed by atoms with Gasteiger partial charge in [-0.15, -0.1) is 0 Å². The van der Waals surface area contributed by atoms with E-state index < -0.39 is 0 Å². The molecule has 2 N–H and O–H groups in total. The van der Waals surface area contributed by atoms with Crippen LogP contribution in [0.3, 0.4) is 0 Å². The van der Waals surface area contributed by atoms with Crippen molar-refractivity contribution >= 4 is 5.96 Å². The first-order valence-electron chi connectivity index (χ1n) is 8.75. The Hall–Kier alpha value is -1.62. The first-order chi connectivity index (χ1) is 11.2. The van der Waals surface area contributed by atoms with E-state index in [1.807, 2.05) is 6.07 Å². The van der Waals surface area contributed by atoms with Crippen LogP contribution in [0.4, 0.5) is 4.39 Å². The normalized spacial score (nSPS) is 22.3. The Bertz CT molecular complexity index is 542. The number of guanidine groups is 1. The highest BCUT2D eigenvalue weighted by Gasteiger charge is 2.34. The molecule has 23 heavy (non-hydrogen) atoms. The van der Waals surface area contributed by atoms with Crippen molar-refractivity contribution in [2.45, 2.75) is 38.8 Å². The van der Waals surface area contributed by atoms with E-state index in [-0.39, 0.29) is 5.82 Å². The molecule has 4 nitrogen and oxygen atoms in total. The highest BCUT2D eigenvalue weighted by atomic mass is 19.1. The van der Waals surface area contributed by atoms with E-state index in [0.717, 1.165) is 30.7 Å². The molecule has 0 aromatic heterocycles. The molecule has 0 amide bonds. The number of hydrogen-bond acceptors (Lipinski definition) is 2. The fourth-order valence-corrected chi connectivity index (χ4v) is 3.19. The van der Waals surface area contributed by atoms with Gasteiger partial charge < -0.3 is 15.5 Å². The molecule has 2 aliphatic rings. The number of hydrogen-bond donors (Lipinski definition) is 2. The summed E-state index contributed by atoms with van der Waals surface area (Å²) in [6, 6.07) is 7.50. The highest BCUT2D eigenvalue weighted by molar-refractivity contribution is 5.79. The average Bonchev–Trinajstić information content (AvgIpc) is 3.29. The molecule has 3 rings (SSSR count). The summed E-state index contributed by atoms with van der Waals surface area (Å²) in [7, 11) is 0. The van der Waals surface area contributed by atoms with Crippen LogP contribution in [0.1, 0.15) is 31.7 Å². The summed E-state index contributed by atoms with van der Waals surface area (Å²) in [4.78, 5) is 7.19. The molecule has 1 atom stereocenters. The van der Waals surface area contributed by atoms with E-state index in [9.17, 15) is 4.39 Å². The summed E-state index contributed by atoms with van der Waals surface area (Å²) in [6.07, 6.45) is 4.04. The van der Waals surface area contributed by atoms with Gasteiger partial charge in [-0.1, -0.05) is 12.1 Å². The van der Waals surface area contributed by atoms with Gasteiger partial charge in [0.05, 0.1) is 6.54 Å². The number of halogens is 1. The van der Waals surface area contributed by atoms with Crippen LogP contribution in [0.5, 0.6) is 0 Å². The summed E-state index contributed by atoms with van der Waals surface area (Å²) in [5.41, 5.74) is 0.892. The monoisotopic (exact) mass is 318 g/mol. The van der Waals surface area contributed by atoms with Gasteiger partial charge in [-0.05, 0) is 56.3 Å². The number of nitrogens with one attached hydrogen (secondary N) is 2. The minimum absolute atomic E-state index is 0.207. The quantitative estimate of drug-likeness (QED) is 0.625. The minimum atomic E-state index is -0.207. The third-order valence-electron chi connectivity index (χ3n) is 4.59. The molecular weight excluding hydrogens is 291 g/mol. The number of benzene rings is 1. The van der Waals surface area contributed by atoms with Gasteiger partial charge in [0.1, 0.15) is 5.82 Å². The van der Waals surface area contributed by atoms with E-state index >= 15 is 0 Å². The van der Waals surface area contributed by atoms with Gasteiger partial charge >= 0.3 is 0 Å². The molecule has 1 saturated carbocycles. The SMILES string of the molecule is CCNC(=NCc1cccc(F)c1)NCC1CCN(C2CC2)C1. The highest BCUT2D eigenvalue weighted by Crippen LogP contribution is 2.31. The van der Waals surface area contributed by atoms with Gasteiger partial charge in [0.25, 0.3) is 0 Å². The first-order valence-corrected chi connectivity index (χ1v) is 8.75. The van der Waals surface area contributed by atoms with Crippen molar-refractivity contribution in [1.82, 2.24) is 15.5 Å². The Morgan fingerprint density at radius 2 is 2.17 bits per heavy atom. The molecule has 1 saturated heterocycles. The first kappa shape index (κ1) is 16.2. The molecule has 0 spiro atoms. The van der Waals surface area contributed by atoms with Crippen LogP contribution >= 0.6 is 0 Å². The molecule has 1 aromatic rings. The van der Waals surface area contributed by atoms with Crippen LogP contribution in [0, 0.1) is 11.7 Å². The third-order valence-corrected chi connectivity index (χ3v) is 4.59. The summed E-state index contributed by atoms with van der Waals surface area (Å²) in [6.45, 7) is 6.79. The van der Waals surface area contributed by atoms with Gasteiger partial charge in [0.2, 0.25) is 0 Å². The summed E-state index contributed by atoms with van der Waals surface area (Å²) >= 11 is 0. The lowest BCUT2D eigenvalue weighted by molar-refractivity contribution is 0.314. The van der Waals surface area contributed by atoms with Gasteiger partial charge in [0.15, 0.2) is 5.96 Å². The van der Waals surface area contributed by atoms with Crippen molar-refractivity contribution in [3.8, 4) is 0 Å². The Labute approximate surface area is 138 Å². The molecule has 5 heteroatoms. The lowest BCUT2D eigenvalue weighted by atomic mass is 10.1. The van der Waals surface area contributed by atoms with Crippen molar-refractivity contribution < 1.29 is 4.39 Å². The van der Waals surface area contributed by atoms with E-state index in [0.29, 0.717) is 12.5 Å². The fraction of sp³-hybridized carbons (Fsp3) is 0.611. The molecule has 0 bridgehead atoms. The third kappa shape index (κ3) is 4.93. The van der Waals surface area contributed by atoms with E-state index in [2.05, 4.69) is 27.4 Å². The second-order valence-corrected chi connectivity index (χ2v) is 6.59. The molecule has 0 radical (unpaired) electrons. The van der Waals surface area contributed by atoms with Crippen molar-refractivity contribution in [2.75, 3.05) is 26.2 Å². The Balaban J connectivity index is 1.48. The van der Waals surface area contributed by atoms with Gasteiger partial charge in [0, 0.05) is 25.7 Å². The number of rotatable bonds is 6. The zero-order chi connectivity index (χ0) is 16.1. The van der Waals surface area contributed by atoms with Crippen molar-refractivity contribution in [3.63, 3.8) is 0 Å². The Morgan fingerprint density at radius 3 is 2.91 bits per heavy atom. The van der Waals surface area contributed by atoms with Crippen LogP contribution < -0.4 is 10.6 Å². The Kier molecular flexibility index (Phi) is 5.49. The maximum atomic E-state index is 13.2. The maximum Gasteiger partial charge on any atom is 0.191 e. The zero-order valence-corrected chi connectivity index (χ0v) is 13.9. The Morgan fingerprint density at radius 1 is 1.30 bits per heavy atom. The molecular formula is C18H27FN4. The van der Waals surface area contributed by atoms with Crippen LogP contribution in [-0.4, -0.2) is 43.1 Å². The smallest absolute Gasteiger partial charge is 0.191 e. The minimum Gasteiger partial charge on any atom is -0.357 e. The van der Waals surface area contributed by atoms with Gasteiger partial charge in [-0.3, -0.25) is 0 Å². The van der Waals surface area contributed by atoms with Gasteiger partial charge in [-0.25, -0.2) is 9.38 Å². The van der Waals surface area contributed by atoms with Crippen molar-refractivity contribution in [1.29, 1.82) is 0 Å². The largest absolute Gasteiger partial charge is 0.357 e. The van der Waals surface area contributed by atoms with Crippen LogP contribution in [0.25, 0.3) is 0 Å². The second-order valence-electron chi connectivity index (χ2n) is 6.59. The van der Waals surface area contributed by atoms with Crippen LogP contribution in [0.15, 0.2) is 29.3 Å². The lowest BCUT2D eigenvalue weighted by Gasteiger charge is -2.17. The number of likely N-dealkylation sites (tertiary alicyclic amines) is 1. The van der Waals surface area contributed by atoms with Crippen molar-refractivity contribution in [3.05, 3.63) is 35.6 Å². The maximum absolute atomic E-state index is 13.2. The molecule has 1 unspecified atom stereocenters. The summed E-state index contributed by atoms with van der Waals surface area (Å²) in [5, 5.41) is 6.72. The molecule has 126 valence electrons. The molecule has 1 aliphatic heterocycles. The van der Waals surface area contributed by atoms with E-state index in [4.69, 9.17) is 0 Å². The molecule has 2 fully saturated rings. The summed E-state index contributed by atoms with van der Waals surface area (Å²) < 4.78 is 13.2. The molecule has 1 heterocycles. The molecule has 1 aromatic carbocycles. The molecule has 1 aliphatic carbocycles. The van der Waals surface area contributed by atoms with E-state index in [1.54, 1.807) is 6.07 Å². The number of nitrogens with zero attached hydrogens (tertiary/aromatic N) is 2. The number of aliphatic imine (C=N–C) groups is 1. The standard InChI is InChI=1S/C18H27FN4/c1-2-20-18(21-11-14-4-3-5-16(19)10-14)22-12-15-8-9-23(13-15)17-6-7-17/h3-5,10,15,17H,2,6-9,11-13H2,1H3,(H2,20,21,22). The second kappa shape index (κ2) is 7.77. The summed E-state index contributed by atoms with van der Waals surface area (Å²) in [5.74, 6) is 1.32. The zero-order valence-electron chi connectivity index (χ0n) is 13.9. The van der Waals surface area contributed by atoms with Crippen molar-refractivity contribution in [2.24, 2.45) is 10.9 Å². The average molecular weight is 318 g/mol.